The van der Waals surface area contributed by atoms with Crippen LogP contribution in [0, 0.1) is 6.92 Å². The van der Waals surface area contributed by atoms with Gasteiger partial charge in [0.15, 0.2) is 6.10 Å². The fourth-order valence-electron chi connectivity index (χ4n) is 3.29. The van der Waals surface area contributed by atoms with E-state index in [1.54, 1.807) is 12.1 Å². The van der Waals surface area contributed by atoms with Gasteiger partial charge in [0.2, 0.25) is 11.1 Å². The van der Waals surface area contributed by atoms with Crippen molar-refractivity contribution >= 4 is 17.0 Å². The van der Waals surface area contributed by atoms with E-state index in [1.807, 2.05) is 32.0 Å². The van der Waals surface area contributed by atoms with Crippen LogP contribution in [0.1, 0.15) is 84.4 Å². The highest BCUT2D eigenvalue weighted by Gasteiger charge is 2.29. The number of hydroxylamine groups is 1. The van der Waals surface area contributed by atoms with Crippen molar-refractivity contribution in [3.8, 4) is 5.75 Å². The number of hydrogen-bond acceptors (Lipinski definition) is 4. The van der Waals surface area contributed by atoms with Crippen LogP contribution >= 0.6 is 0 Å². The van der Waals surface area contributed by atoms with Gasteiger partial charge in [-0.2, -0.15) is 4.28 Å². The van der Waals surface area contributed by atoms with Gasteiger partial charge >= 0.3 is 0 Å². The average molecular weight is 474 g/mol. The number of nitrogens with one attached hydrogen (secondary N) is 1. The lowest BCUT2D eigenvalue weighted by molar-refractivity contribution is -0.134. The molecule has 0 saturated heterocycles. The Kier molecular flexibility index (Phi) is 9.27. The molecule has 0 fully saturated rings. The van der Waals surface area contributed by atoms with Crippen LogP contribution in [0.15, 0.2) is 47.4 Å². The lowest BCUT2D eigenvalue weighted by atomic mass is 9.76. The van der Waals surface area contributed by atoms with Crippen LogP contribution in [0.3, 0.4) is 0 Å². The molecular formula is C27H39NO4S. The summed E-state index contributed by atoms with van der Waals surface area (Å²) in [7, 11) is 0. The van der Waals surface area contributed by atoms with Crippen molar-refractivity contribution in [2.24, 2.45) is 0 Å². The number of hydrogen-bond donors (Lipinski definition) is 1. The monoisotopic (exact) mass is 473 g/mol. The van der Waals surface area contributed by atoms with Gasteiger partial charge in [0.25, 0.3) is 5.91 Å². The van der Waals surface area contributed by atoms with E-state index in [0.717, 1.165) is 24.0 Å². The molecule has 2 aromatic carbocycles. The minimum Gasteiger partial charge on any atom is -0.480 e. The lowest BCUT2D eigenvalue weighted by Gasteiger charge is -2.31. The van der Waals surface area contributed by atoms with E-state index in [1.165, 1.54) is 5.56 Å². The van der Waals surface area contributed by atoms with Crippen LogP contribution < -0.4 is 10.2 Å². The summed E-state index contributed by atoms with van der Waals surface area (Å²) in [4.78, 5) is 13.3. The van der Waals surface area contributed by atoms with E-state index in [9.17, 15) is 9.00 Å². The highest BCUT2D eigenvalue weighted by molar-refractivity contribution is 7.80. The van der Waals surface area contributed by atoms with E-state index in [4.69, 9.17) is 9.02 Å². The Morgan fingerprint density at radius 1 is 0.970 bits per heavy atom. The Morgan fingerprint density at radius 2 is 1.58 bits per heavy atom. The predicted molar refractivity (Wildman–Crippen MR) is 135 cm³/mol. The van der Waals surface area contributed by atoms with Crippen molar-refractivity contribution in [2.75, 3.05) is 0 Å². The molecule has 2 aromatic rings. The van der Waals surface area contributed by atoms with Gasteiger partial charge in [0, 0.05) is 5.56 Å². The van der Waals surface area contributed by atoms with Crippen LogP contribution in [-0.4, -0.2) is 16.2 Å². The zero-order valence-corrected chi connectivity index (χ0v) is 22.1. The Morgan fingerprint density at radius 3 is 2.12 bits per heavy atom. The average Bonchev–Trinajstić information content (AvgIpc) is 2.81. The third kappa shape index (κ3) is 6.90. The van der Waals surface area contributed by atoms with E-state index >= 15 is 0 Å². The molecule has 0 spiro atoms. The molecule has 1 amide bonds. The number of rotatable bonds is 11. The summed E-state index contributed by atoms with van der Waals surface area (Å²) in [6.07, 6.45) is 1.63. The number of carbonyl (C=O) groups excluding carboxylic acids is 1. The quantitative estimate of drug-likeness (QED) is 0.389. The van der Waals surface area contributed by atoms with Crippen LogP contribution in [0.4, 0.5) is 0 Å². The molecule has 33 heavy (non-hydrogen) atoms. The highest BCUT2D eigenvalue weighted by atomic mass is 32.2. The van der Waals surface area contributed by atoms with Crippen LogP contribution in [0.5, 0.6) is 5.75 Å². The molecule has 0 saturated carbocycles. The van der Waals surface area contributed by atoms with Crippen molar-refractivity contribution in [1.29, 1.82) is 0 Å². The van der Waals surface area contributed by atoms with E-state index in [0.29, 0.717) is 17.1 Å². The van der Waals surface area contributed by atoms with Gasteiger partial charge < -0.3 is 4.74 Å². The number of amides is 1. The number of carbonyl (C=O) groups is 1. The molecule has 2 atom stereocenters. The maximum Gasteiger partial charge on any atom is 0.285 e. The second-order valence-electron chi connectivity index (χ2n) is 9.80. The summed E-state index contributed by atoms with van der Waals surface area (Å²) in [5, 5.41) is 0. The van der Waals surface area contributed by atoms with Gasteiger partial charge in [-0.3, -0.25) is 4.79 Å². The first-order chi connectivity index (χ1) is 15.4. The molecule has 0 radical (unpaired) electrons. The first-order valence-electron chi connectivity index (χ1n) is 11.7. The van der Waals surface area contributed by atoms with Crippen LogP contribution in [-0.2, 0) is 31.0 Å². The normalized spacial score (nSPS) is 13.9. The largest absolute Gasteiger partial charge is 0.480 e. The number of benzene rings is 2. The fourth-order valence-corrected chi connectivity index (χ4v) is 3.91. The third-order valence-electron chi connectivity index (χ3n) is 6.62. The molecule has 2 rings (SSSR count). The summed E-state index contributed by atoms with van der Waals surface area (Å²) in [6.45, 7) is 17.0. The molecule has 1 N–H and O–H groups in total. The molecule has 0 heterocycles. The smallest absolute Gasteiger partial charge is 0.285 e. The summed E-state index contributed by atoms with van der Waals surface area (Å²) in [5.41, 5.74) is 5.64. The maximum absolute atomic E-state index is 12.8. The standard InChI is InChI=1S/C27H39NO4S/c1-9-23(25(29)28-32-33(30)21-15-12-19(4)13-16-21)31-24-17-14-20(26(5,6)10-2)18-22(24)27(7,8)11-3/h12-18,23H,9-11H2,1-8H3,(H,28,29). The molecule has 0 bridgehead atoms. The topological polar surface area (TPSA) is 64.6 Å². The van der Waals surface area contributed by atoms with E-state index < -0.39 is 23.1 Å². The van der Waals surface area contributed by atoms with Gasteiger partial charge in [-0.05, 0) is 60.8 Å². The summed E-state index contributed by atoms with van der Waals surface area (Å²) >= 11 is -1.80. The third-order valence-corrected chi connectivity index (χ3v) is 7.51. The van der Waals surface area contributed by atoms with Crippen molar-refractivity contribution in [1.82, 2.24) is 5.48 Å². The van der Waals surface area contributed by atoms with E-state index in [2.05, 4.69) is 59.2 Å². The fraction of sp³-hybridized carbons (Fsp3) is 0.519. The minimum atomic E-state index is -1.80. The first-order valence-corrected chi connectivity index (χ1v) is 12.8. The second-order valence-corrected chi connectivity index (χ2v) is 10.9. The van der Waals surface area contributed by atoms with Crippen molar-refractivity contribution in [3.63, 3.8) is 0 Å². The first kappa shape index (κ1) is 27.1. The molecule has 0 aromatic heterocycles. The summed E-state index contributed by atoms with van der Waals surface area (Å²) in [5.74, 6) is 0.232. The van der Waals surface area contributed by atoms with Crippen molar-refractivity contribution in [3.05, 3.63) is 59.2 Å². The molecule has 0 aliphatic rings. The van der Waals surface area contributed by atoms with Gasteiger partial charge in [-0.1, -0.05) is 78.3 Å². The zero-order chi connectivity index (χ0) is 24.8. The molecule has 6 heteroatoms. The molecular weight excluding hydrogens is 434 g/mol. The summed E-state index contributed by atoms with van der Waals surface area (Å²) < 4.78 is 23.7. The van der Waals surface area contributed by atoms with E-state index in [-0.39, 0.29) is 10.8 Å². The molecule has 0 aliphatic carbocycles. The number of ether oxygens (including phenoxy) is 1. The van der Waals surface area contributed by atoms with Gasteiger partial charge in [0.05, 0.1) is 4.90 Å². The Bertz CT molecular complexity index is 967. The molecule has 0 aliphatic heterocycles. The van der Waals surface area contributed by atoms with Crippen molar-refractivity contribution in [2.45, 2.75) is 96.5 Å². The van der Waals surface area contributed by atoms with Crippen LogP contribution in [0.25, 0.3) is 0 Å². The van der Waals surface area contributed by atoms with Crippen molar-refractivity contribution < 1.29 is 18.0 Å². The molecule has 2 unspecified atom stereocenters. The van der Waals surface area contributed by atoms with Gasteiger partial charge in [-0.15, -0.1) is 0 Å². The second kappa shape index (κ2) is 11.3. The maximum atomic E-state index is 12.8. The lowest BCUT2D eigenvalue weighted by Crippen LogP contribution is -2.38. The molecule has 182 valence electrons. The van der Waals surface area contributed by atoms with Gasteiger partial charge in [-0.25, -0.2) is 9.69 Å². The number of aryl methyl sites for hydroxylation is 1. The van der Waals surface area contributed by atoms with Crippen LogP contribution in [0.2, 0.25) is 0 Å². The highest BCUT2D eigenvalue weighted by Crippen LogP contribution is 2.39. The predicted octanol–water partition coefficient (Wildman–Crippen LogP) is 6.30. The Labute approximate surface area is 201 Å². The SMILES string of the molecule is CCC(Oc1ccc(C(C)(C)CC)cc1C(C)(C)CC)C(=O)NOS(=O)c1ccc(C)cc1. The van der Waals surface area contributed by atoms with Gasteiger partial charge in [0.1, 0.15) is 5.75 Å². The zero-order valence-electron chi connectivity index (χ0n) is 21.3. The minimum absolute atomic E-state index is 0.0481. The molecule has 5 nitrogen and oxygen atoms in total. The Balaban J connectivity index is 2.21. The summed E-state index contributed by atoms with van der Waals surface area (Å²) in [6, 6.07) is 13.4. The Hall–Kier alpha value is -2.18.